The van der Waals surface area contributed by atoms with E-state index in [4.69, 9.17) is 0 Å². The zero-order valence-corrected chi connectivity index (χ0v) is 15.1. The van der Waals surface area contributed by atoms with Crippen molar-refractivity contribution < 1.29 is 9.59 Å². The third-order valence-electron chi connectivity index (χ3n) is 5.07. The monoisotopic (exact) mass is 351 g/mol. The van der Waals surface area contributed by atoms with Crippen LogP contribution in [-0.4, -0.2) is 31.4 Å². The van der Waals surface area contributed by atoms with Gasteiger partial charge in [0.25, 0.3) is 0 Å². The molecule has 0 radical (unpaired) electrons. The van der Waals surface area contributed by atoms with Crippen LogP contribution < -0.4 is 15.5 Å². The summed E-state index contributed by atoms with van der Waals surface area (Å²) >= 11 is 0. The molecule has 1 aromatic rings. The third kappa shape index (κ3) is 3.90. The second-order valence-corrected chi connectivity index (χ2v) is 6.68. The minimum Gasteiger partial charge on any atom is -0.349 e. The maximum absolute atomic E-state index is 12.3. The molecule has 2 aliphatic heterocycles. The van der Waals surface area contributed by atoms with Gasteiger partial charge in [-0.1, -0.05) is 19.1 Å². The molecule has 5 nitrogen and oxygen atoms in total. The molecule has 2 aliphatic rings. The number of hydrogen-bond donors (Lipinski definition) is 2. The number of nitrogens with one attached hydrogen (secondary N) is 2. The Hall–Kier alpha value is -1.59. The van der Waals surface area contributed by atoms with Crippen LogP contribution in [0.3, 0.4) is 0 Å². The van der Waals surface area contributed by atoms with E-state index in [-0.39, 0.29) is 36.2 Å². The molecule has 1 aromatic carbocycles. The maximum Gasteiger partial charge on any atom is 0.227 e. The Morgan fingerprint density at radius 1 is 1.25 bits per heavy atom. The van der Waals surface area contributed by atoms with Crippen molar-refractivity contribution in [1.82, 2.24) is 10.6 Å². The normalized spacial score (nSPS) is 20.1. The molecule has 0 saturated carbocycles. The summed E-state index contributed by atoms with van der Waals surface area (Å²) in [5.74, 6) is 0.802. The van der Waals surface area contributed by atoms with Crippen LogP contribution in [0.15, 0.2) is 24.3 Å². The van der Waals surface area contributed by atoms with Crippen molar-refractivity contribution in [2.45, 2.75) is 32.7 Å². The van der Waals surface area contributed by atoms with E-state index in [1.807, 2.05) is 43.0 Å². The highest BCUT2D eigenvalue weighted by atomic mass is 35.5. The van der Waals surface area contributed by atoms with Crippen molar-refractivity contribution in [2.24, 2.45) is 11.8 Å². The van der Waals surface area contributed by atoms with Gasteiger partial charge < -0.3 is 15.5 Å². The minimum absolute atomic E-state index is 0. The molecule has 2 fully saturated rings. The fraction of sp³-hybridized carbons (Fsp3) is 0.556. The first-order chi connectivity index (χ1) is 11.1. The van der Waals surface area contributed by atoms with Gasteiger partial charge in [0.2, 0.25) is 11.8 Å². The van der Waals surface area contributed by atoms with Gasteiger partial charge >= 0.3 is 0 Å². The summed E-state index contributed by atoms with van der Waals surface area (Å²) in [5, 5.41) is 6.30. The number of anilines is 1. The first-order valence-corrected chi connectivity index (χ1v) is 8.47. The molecule has 2 saturated heterocycles. The van der Waals surface area contributed by atoms with Crippen LogP contribution in [0, 0.1) is 11.8 Å². The van der Waals surface area contributed by atoms with Crippen molar-refractivity contribution >= 4 is 29.9 Å². The molecule has 132 valence electrons. The molecule has 0 aromatic heterocycles. The van der Waals surface area contributed by atoms with Crippen molar-refractivity contribution in [1.29, 1.82) is 0 Å². The van der Waals surface area contributed by atoms with Crippen molar-refractivity contribution in [3.8, 4) is 0 Å². The lowest BCUT2D eigenvalue weighted by Gasteiger charge is -2.32. The van der Waals surface area contributed by atoms with Crippen LogP contribution in [0.5, 0.6) is 0 Å². The number of carbonyl (C=O) groups excluding carboxylic acids is 2. The molecule has 3 rings (SSSR count). The summed E-state index contributed by atoms with van der Waals surface area (Å²) < 4.78 is 0. The van der Waals surface area contributed by atoms with E-state index < -0.39 is 0 Å². The third-order valence-corrected chi connectivity index (χ3v) is 5.07. The summed E-state index contributed by atoms with van der Waals surface area (Å²) in [6.45, 7) is 6.66. The van der Waals surface area contributed by atoms with Gasteiger partial charge in [0.15, 0.2) is 0 Å². The zero-order valence-electron chi connectivity index (χ0n) is 14.2. The molecule has 2 amide bonds. The number of rotatable bonds is 5. The molecule has 2 heterocycles. The van der Waals surface area contributed by atoms with Crippen molar-refractivity contribution in [2.75, 3.05) is 24.5 Å². The van der Waals surface area contributed by atoms with E-state index in [1.54, 1.807) is 0 Å². The van der Waals surface area contributed by atoms with Crippen molar-refractivity contribution in [3.05, 3.63) is 29.8 Å². The zero-order chi connectivity index (χ0) is 16.4. The Morgan fingerprint density at radius 3 is 2.42 bits per heavy atom. The van der Waals surface area contributed by atoms with Gasteiger partial charge in [0.05, 0.1) is 6.04 Å². The Bertz CT molecular complexity index is 586. The summed E-state index contributed by atoms with van der Waals surface area (Å²) in [5.41, 5.74) is 2.01. The highest BCUT2D eigenvalue weighted by Crippen LogP contribution is 2.24. The van der Waals surface area contributed by atoms with Crippen LogP contribution in [0.25, 0.3) is 0 Å². The SMILES string of the molecule is CC(NC(=O)C(C)C1CNC1)c1ccc(N2CCCC2=O)cc1.Cl. The van der Waals surface area contributed by atoms with E-state index in [1.165, 1.54) is 0 Å². The van der Waals surface area contributed by atoms with Crippen LogP contribution in [0.2, 0.25) is 0 Å². The van der Waals surface area contributed by atoms with Gasteiger partial charge in [0.1, 0.15) is 0 Å². The number of nitrogens with zero attached hydrogens (tertiary/aromatic N) is 1. The lowest BCUT2D eigenvalue weighted by molar-refractivity contribution is -0.127. The van der Waals surface area contributed by atoms with Gasteiger partial charge in [-0.05, 0) is 50.0 Å². The Morgan fingerprint density at radius 2 is 1.92 bits per heavy atom. The molecule has 0 spiro atoms. The van der Waals surface area contributed by atoms with Crippen LogP contribution in [0.4, 0.5) is 5.69 Å². The predicted octanol–water partition coefficient (Wildman–Crippen LogP) is 2.27. The van der Waals surface area contributed by atoms with E-state index in [9.17, 15) is 9.59 Å². The largest absolute Gasteiger partial charge is 0.349 e. The quantitative estimate of drug-likeness (QED) is 0.855. The lowest BCUT2D eigenvalue weighted by Crippen LogP contribution is -2.49. The summed E-state index contributed by atoms with van der Waals surface area (Å²) in [4.78, 5) is 25.9. The molecular formula is C18H26ClN3O2. The van der Waals surface area contributed by atoms with E-state index >= 15 is 0 Å². The average molecular weight is 352 g/mol. The van der Waals surface area contributed by atoms with E-state index in [2.05, 4.69) is 10.6 Å². The smallest absolute Gasteiger partial charge is 0.227 e. The summed E-state index contributed by atoms with van der Waals surface area (Å²) in [6, 6.07) is 7.92. The first-order valence-electron chi connectivity index (χ1n) is 8.47. The highest BCUT2D eigenvalue weighted by Gasteiger charge is 2.29. The number of benzene rings is 1. The topological polar surface area (TPSA) is 61.4 Å². The van der Waals surface area contributed by atoms with Gasteiger partial charge in [-0.25, -0.2) is 0 Å². The standard InChI is InChI=1S/C18H25N3O2.ClH/c1-12(15-10-19-11-15)18(23)20-13(2)14-5-7-16(8-6-14)21-9-3-4-17(21)22;/h5-8,12-13,15,19H,3-4,9-11H2,1-2H3,(H,20,23);1H. The number of hydrogen-bond acceptors (Lipinski definition) is 3. The summed E-state index contributed by atoms with van der Waals surface area (Å²) in [6.07, 6.45) is 1.57. The van der Waals surface area contributed by atoms with Gasteiger partial charge in [-0.3, -0.25) is 9.59 Å². The highest BCUT2D eigenvalue weighted by molar-refractivity contribution is 5.95. The Labute approximate surface area is 149 Å². The Kier molecular flexibility index (Phi) is 6.24. The molecule has 6 heteroatoms. The molecule has 2 N–H and O–H groups in total. The predicted molar refractivity (Wildman–Crippen MR) is 97.4 cm³/mol. The van der Waals surface area contributed by atoms with Gasteiger partial charge in [0, 0.05) is 24.6 Å². The second kappa shape index (κ2) is 7.99. The number of amides is 2. The molecule has 0 aliphatic carbocycles. The first kappa shape index (κ1) is 18.7. The second-order valence-electron chi connectivity index (χ2n) is 6.68. The minimum atomic E-state index is -0.0266. The molecule has 0 bridgehead atoms. The number of carbonyl (C=O) groups is 2. The maximum atomic E-state index is 12.3. The lowest BCUT2D eigenvalue weighted by atomic mass is 9.88. The fourth-order valence-corrected chi connectivity index (χ4v) is 3.17. The van der Waals surface area contributed by atoms with E-state index in [0.717, 1.165) is 37.3 Å². The average Bonchev–Trinajstić information content (AvgIpc) is 2.91. The molecule has 2 atom stereocenters. The molecule has 24 heavy (non-hydrogen) atoms. The van der Waals surface area contributed by atoms with Crippen LogP contribution in [0.1, 0.15) is 38.3 Å². The fourth-order valence-electron chi connectivity index (χ4n) is 3.17. The molecular weight excluding hydrogens is 326 g/mol. The van der Waals surface area contributed by atoms with Gasteiger partial charge in [-0.15, -0.1) is 12.4 Å². The van der Waals surface area contributed by atoms with Crippen molar-refractivity contribution in [3.63, 3.8) is 0 Å². The van der Waals surface area contributed by atoms with Crippen LogP contribution in [-0.2, 0) is 9.59 Å². The van der Waals surface area contributed by atoms with Crippen LogP contribution >= 0.6 is 12.4 Å². The summed E-state index contributed by atoms with van der Waals surface area (Å²) in [7, 11) is 0. The Balaban J connectivity index is 0.00000208. The van der Waals surface area contributed by atoms with Gasteiger partial charge in [-0.2, -0.15) is 0 Å². The molecule has 2 unspecified atom stereocenters. The number of halogens is 1. The van der Waals surface area contributed by atoms with E-state index in [0.29, 0.717) is 12.3 Å².